The van der Waals surface area contributed by atoms with Crippen LogP contribution in [-0.2, 0) is 12.8 Å². The van der Waals surface area contributed by atoms with Gasteiger partial charge in [-0.2, -0.15) is 5.10 Å². The SMILES string of the molecule is CCCc1nn(-c2cc(Cl)cc(Cl)c2)c2c1CCN2. The molecule has 0 unspecified atom stereocenters. The number of anilines is 1. The summed E-state index contributed by atoms with van der Waals surface area (Å²) in [6.45, 7) is 3.14. The molecule has 0 saturated heterocycles. The number of fused-ring (bicyclic) bond motifs is 1. The van der Waals surface area contributed by atoms with Gasteiger partial charge in [0.2, 0.25) is 0 Å². The smallest absolute Gasteiger partial charge is 0.133 e. The lowest BCUT2D eigenvalue weighted by Crippen LogP contribution is -2.05. The Kier molecular flexibility index (Phi) is 3.42. The monoisotopic (exact) mass is 295 g/mol. The number of rotatable bonds is 3. The van der Waals surface area contributed by atoms with E-state index in [0.717, 1.165) is 37.3 Å². The van der Waals surface area contributed by atoms with Gasteiger partial charge in [-0.05, 0) is 31.0 Å². The lowest BCUT2D eigenvalue weighted by molar-refractivity contribution is 0.796. The Balaban J connectivity index is 2.12. The maximum Gasteiger partial charge on any atom is 0.133 e. The molecule has 2 heterocycles. The molecule has 0 radical (unpaired) electrons. The van der Waals surface area contributed by atoms with E-state index in [1.807, 2.05) is 16.8 Å². The fourth-order valence-electron chi connectivity index (χ4n) is 2.53. The number of aromatic nitrogens is 2. The molecular weight excluding hydrogens is 281 g/mol. The highest BCUT2D eigenvalue weighted by atomic mass is 35.5. The van der Waals surface area contributed by atoms with Gasteiger partial charge in [0.1, 0.15) is 5.82 Å². The average Bonchev–Trinajstić information content (AvgIpc) is 2.91. The number of nitrogens with one attached hydrogen (secondary N) is 1. The number of hydrogen-bond acceptors (Lipinski definition) is 2. The zero-order chi connectivity index (χ0) is 13.4. The molecule has 0 fully saturated rings. The van der Waals surface area contributed by atoms with E-state index in [0.29, 0.717) is 10.0 Å². The Bertz CT molecular complexity index is 599. The lowest BCUT2D eigenvalue weighted by Gasteiger charge is -2.07. The predicted octanol–water partition coefficient (Wildman–Crippen LogP) is 4.10. The van der Waals surface area contributed by atoms with Crippen LogP contribution >= 0.6 is 23.2 Å². The molecule has 19 heavy (non-hydrogen) atoms. The fourth-order valence-corrected chi connectivity index (χ4v) is 3.05. The summed E-state index contributed by atoms with van der Waals surface area (Å²) in [5.41, 5.74) is 3.42. The summed E-state index contributed by atoms with van der Waals surface area (Å²) in [4.78, 5) is 0. The summed E-state index contributed by atoms with van der Waals surface area (Å²) in [5.74, 6) is 1.08. The summed E-state index contributed by atoms with van der Waals surface area (Å²) in [6, 6.07) is 5.50. The second kappa shape index (κ2) is 5.06. The van der Waals surface area contributed by atoms with Crippen molar-refractivity contribution in [1.82, 2.24) is 9.78 Å². The molecule has 1 N–H and O–H groups in total. The van der Waals surface area contributed by atoms with Crippen molar-refractivity contribution in [1.29, 1.82) is 0 Å². The fraction of sp³-hybridized carbons (Fsp3) is 0.357. The van der Waals surface area contributed by atoms with Crippen molar-refractivity contribution < 1.29 is 0 Å². The van der Waals surface area contributed by atoms with E-state index in [4.69, 9.17) is 28.3 Å². The summed E-state index contributed by atoms with van der Waals surface area (Å²) in [6.07, 6.45) is 3.14. The third-order valence-electron chi connectivity index (χ3n) is 3.31. The number of aryl methyl sites for hydroxylation is 1. The van der Waals surface area contributed by atoms with Gasteiger partial charge in [-0.1, -0.05) is 36.5 Å². The summed E-state index contributed by atoms with van der Waals surface area (Å²) in [5, 5.41) is 9.36. The summed E-state index contributed by atoms with van der Waals surface area (Å²) >= 11 is 12.1. The third kappa shape index (κ3) is 2.33. The second-order valence-electron chi connectivity index (χ2n) is 4.74. The molecule has 0 bridgehead atoms. The highest BCUT2D eigenvalue weighted by Crippen LogP contribution is 2.31. The van der Waals surface area contributed by atoms with Gasteiger partial charge in [0.05, 0.1) is 11.4 Å². The normalized spacial score (nSPS) is 13.4. The minimum Gasteiger partial charge on any atom is -0.369 e. The van der Waals surface area contributed by atoms with Crippen LogP contribution < -0.4 is 5.32 Å². The van der Waals surface area contributed by atoms with Crippen molar-refractivity contribution in [2.24, 2.45) is 0 Å². The zero-order valence-corrected chi connectivity index (χ0v) is 12.2. The Morgan fingerprint density at radius 1 is 1.26 bits per heavy atom. The van der Waals surface area contributed by atoms with E-state index in [-0.39, 0.29) is 0 Å². The van der Waals surface area contributed by atoms with Crippen LogP contribution in [0, 0.1) is 0 Å². The van der Waals surface area contributed by atoms with Gasteiger partial charge in [-0.25, -0.2) is 4.68 Å². The topological polar surface area (TPSA) is 29.9 Å². The number of nitrogens with zero attached hydrogens (tertiary/aromatic N) is 2. The number of halogens is 2. The summed E-state index contributed by atoms with van der Waals surface area (Å²) in [7, 11) is 0. The maximum atomic E-state index is 6.07. The van der Waals surface area contributed by atoms with Crippen molar-refractivity contribution in [3.8, 4) is 5.69 Å². The van der Waals surface area contributed by atoms with Gasteiger partial charge < -0.3 is 5.32 Å². The van der Waals surface area contributed by atoms with Crippen molar-refractivity contribution >= 4 is 29.0 Å². The van der Waals surface area contributed by atoms with Crippen LogP contribution in [0.3, 0.4) is 0 Å². The molecule has 1 aliphatic heterocycles. The van der Waals surface area contributed by atoms with Crippen LogP contribution in [0.15, 0.2) is 18.2 Å². The first-order valence-electron chi connectivity index (χ1n) is 6.50. The molecule has 0 spiro atoms. The van der Waals surface area contributed by atoms with Crippen LogP contribution in [-0.4, -0.2) is 16.3 Å². The van der Waals surface area contributed by atoms with E-state index in [2.05, 4.69) is 12.2 Å². The van der Waals surface area contributed by atoms with E-state index >= 15 is 0 Å². The molecule has 0 aliphatic carbocycles. The summed E-state index contributed by atoms with van der Waals surface area (Å²) < 4.78 is 1.92. The molecule has 0 amide bonds. The van der Waals surface area contributed by atoms with Crippen molar-refractivity contribution in [3.63, 3.8) is 0 Å². The van der Waals surface area contributed by atoms with Crippen molar-refractivity contribution in [3.05, 3.63) is 39.5 Å². The van der Waals surface area contributed by atoms with E-state index in [1.165, 1.54) is 11.3 Å². The molecule has 1 aromatic heterocycles. The Morgan fingerprint density at radius 2 is 2.00 bits per heavy atom. The van der Waals surface area contributed by atoms with Gasteiger partial charge in [0.25, 0.3) is 0 Å². The molecule has 2 aromatic rings. The first-order valence-corrected chi connectivity index (χ1v) is 7.25. The van der Waals surface area contributed by atoms with Crippen LogP contribution in [0.4, 0.5) is 5.82 Å². The van der Waals surface area contributed by atoms with Gasteiger partial charge in [-0.3, -0.25) is 0 Å². The number of benzene rings is 1. The standard InChI is InChI=1S/C14H15Cl2N3/c1-2-3-13-12-4-5-17-14(12)19(18-13)11-7-9(15)6-10(16)8-11/h6-8,17H,2-5H2,1H3. The van der Waals surface area contributed by atoms with Crippen LogP contribution in [0.25, 0.3) is 5.69 Å². The van der Waals surface area contributed by atoms with Crippen molar-refractivity contribution in [2.45, 2.75) is 26.2 Å². The molecule has 1 aromatic carbocycles. The minimum absolute atomic E-state index is 0.627. The maximum absolute atomic E-state index is 6.07. The number of hydrogen-bond donors (Lipinski definition) is 1. The molecule has 0 saturated carbocycles. The van der Waals surface area contributed by atoms with Gasteiger partial charge in [0, 0.05) is 22.2 Å². The quantitative estimate of drug-likeness (QED) is 0.924. The highest BCUT2D eigenvalue weighted by Gasteiger charge is 2.22. The molecule has 0 atom stereocenters. The van der Waals surface area contributed by atoms with Crippen LogP contribution in [0.1, 0.15) is 24.6 Å². The van der Waals surface area contributed by atoms with Gasteiger partial charge >= 0.3 is 0 Å². The molecule has 3 nitrogen and oxygen atoms in total. The van der Waals surface area contributed by atoms with E-state index < -0.39 is 0 Å². The van der Waals surface area contributed by atoms with Gasteiger partial charge in [0.15, 0.2) is 0 Å². The first-order chi connectivity index (χ1) is 9.19. The highest BCUT2D eigenvalue weighted by molar-refractivity contribution is 6.34. The molecule has 5 heteroatoms. The molecule has 3 rings (SSSR count). The van der Waals surface area contributed by atoms with E-state index in [9.17, 15) is 0 Å². The van der Waals surface area contributed by atoms with Crippen LogP contribution in [0.5, 0.6) is 0 Å². The minimum atomic E-state index is 0.627. The Morgan fingerprint density at radius 3 is 2.68 bits per heavy atom. The zero-order valence-electron chi connectivity index (χ0n) is 10.7. The molecule has 1 aliphatic rings. The Hall–Kier alpha value is -1.19. The largest absolute Gasteiger partial charge is 0.369 e. The molecular formula is C14H15Cl2N3. The van der Waals surface area contributed by atoms with Crippen LogP contribution in [0.2, 0.25) is 10.0 Å². The third-order valence-corrected chi connectivity index (χ3v) is 3.75. The Labute approximate surface area is 122 Å². The molecule has 100 valence electrons. The second-order valence-corrected chi connectivity index (χ2v) is 5.61. The van der Waals surface area contributed by atoms with Gasteiger partial charge in [-0.15, -0.1) is 0 Å². The van der Waals surface area contributed by atoms with Crippen molar-refractivity contribution in [2.75, 3.05) is 11.9 Å². The lowest BCUT2D eigenvalue weighted by atomic mass is 10.1. The average molecular weight is 296 g/mol. The first kappa shape index (κ1) is 12.8. The van der Waals surface area contributed by atoms with E-state index in [1.54, 1.807) is 6.07 Å². The predicted molar refractivity (Wildman–Crippen MR) is 79.8 cm³/mol.